The van der Waals surface area contributed by atoms with Crippen molar-refractivity contribution in [2.24, 2.45) is 0 Å². The molecule has 2 aromatic carbocycles. The Labute approximate surface area is 180 Å². The number of nitrogens with one attached hydrogen (secondary N) is 2. The first-order valence-corrected chi connectivity index (χ1v) is 10.0. The molecule has 3 rings (SSSR count). The number of carbonyl (C=O) groups is 3. The molecule has 0 bridgehead atoms. The van der Waals surface area contributed by atoms with Crippen molar-refractivity contribution in [3.05, 3.63) is 59.3 Å². The van der Waals surface area contributed by atoms with Gasteiger partial charge in [0.25, 0.3) is 5.91 Å². The van der Waals surface area contributed by atoms with E-state index in [9.17, 15) is 14.4 Å². The Bertz CT molecular complexity index is 1030. The van der Waals surface area contributed by atoms with Crippen LogP contribution in [-0.2, 0) is 9.59 Å². The van der Waals surface area contributed by atoms with Crippen molar-refractivity contribution < 1.29 is 23.9 Å². The van der Waals surface area contributed by atoms with E-state index in [2.05, 4.69) is 10.6 Å². The van der Waals surface area contributed by atoms with Crippen LogP contribution >= 0.6 is 0 Å². The van der Waals surface area contributed by atoms with E-state index in [0.717, 1.165) is 10.5 Å². The Kier molecular flexibility index (Phi) is 6.92. The number of urea groups is 1. The molecular weight excluding hydrogens is 398 g/mol. The zero-order valence-electron chi connectivity index (χ0n) is 17.7. The van der Waals surface area contributed by atoms with Crippen LogP contribution in [0.4, 0.5) is 10.5 Å². The molecule has 0 atom stereocenters. The molecule has 1 heterocycles. The molecule has 0 spiro atoms. The normalized spacial score (nSPS) is 14.5. The number of imide groups is 1. The summed E-state index contributed by atoms with van der Waals surface area (Å²) in [4.78, 5) is 38.1. The summed E-state index contributed by atoms with van der Waals surface area (Å²) in [6, 6.07) is 11.8. The SMILES string of the molecule is CCOc1ccc(C=C2NC(=O)N(CC(=O)Nc3cccc(C)c3)C2=O)cc1OCC. The van der Waals surface area contributed by atoms with Gasteiger partial charge in [0.15, 0.2) is 11.5 Å². The van der Waals surface area contributed by atoms with Crippen molar-refractivity contribution in [3.8, 4) is 11.5 Å². The Morgan fingerprint density at radius 2 is 1.81 bits per heavy atom. The number of hydrogen-bond acceptors (Lipinski definition) is 5. The molecule has 1 aliphatic rings. The summed E-state index contributed by atoms with van der Waals surface area (Å²) in [5.41, 5.74) is 2.33. The van der Waals surface area contributed by atoms with Crippen LogP contribution in [0, 0.1) is 6.92 Å². The van der Waals surface area contributed by atoms with E-state index in [1.165, 1.54) is 6.08 Å². The van der Waals surface area contributed by atoms with Crippen LogP contribution in [0.2, 0.25) is 0 Å². The second-order valence-electron chi connectivity index (χ2n) is 6.87. The highest BCUT2D eigenvalue weighted by atomic mass is 16.5. The lowest BCUT2D eigenvalue weighted by Crippen LogP contribution is -2.38. The van der Waals surface area contributed by atoms with Gasteiger partial charge in [0.1, 0.15) is 12.2 Å². The lowest BCUT2D eigenvalue weighted by Gasteiger charge is -2.12. The van der Waals surface area contributed by atoms with E-state index in [1.54, 1.807) is 30.3 Å². The maximum absolute atomic E-state index is 12.7. The van der Waals surface area contributed by atoms with E-state index in [1.807, 2.05) is 32.9 Å². The third-order valence-corrected chi connectivity index (χ3v) is 4.44. The zero-order chi connectivity index (χ0) is 22.4. The molecule has 0 unspecified atom stereocenters. The first-order valence-electron chi connectivity index (χ1n) is 10.0. The summed E-state index contributed by atoms with van der Waals surface area (Å²) in [7, 11) is 0. The van der Waals surface area contributed by atoms with Gasteiger partial charge in [0, 0.05) is 5.69 Å². The van der Waals surface area contributed by atoms with Crippen molar-refractivity contribution >= 4 is 29.6 Å². The molecule has 0 aliphatic carbocycles. The predicted molar refractivity (Wildman–Crippen MR) is 117 cm³/mol. The smallest absolute Gasteiger partial charge is 0.329 e. The van der Waals surface area contributed by atoms with Crippen molar-refractivity contribution in [1.29, 1.82) is 0 Å². The van der Waals surface area contributed by atoms with Crippen LogP contribution in [0.25, 0.3) is 6.08 Å². The zero-order valence-corrected chi connectivity index (χ0v) is 17.7. The predicted octanol–water partition coefficient (Wildman–Crippen LogP) is 3.32. The number of rotatable bonds is 8. The molecule has 2 aromatic rings. The molecule has 2 N–H and O–H groups in total. The van der Waals surface area contributed by atoms with Gasteiger partial charge in [-0.2, -0.15) is 0 Å². The van der Waals surface area contributed by atoms with E-state index < -0.39 is 17.8 Å². The number of anilines is 1. The summed E-state index contributed by atoms with van der Waals surface area (Å²) in [5.74, 6) is 0.110. The van der Waals surface area contributed by atoms with Gasteiger partial charge in [-0.15, -0.1) is 0 Å². The molecule has 1 fully saturated rings. The Morgan fingerprint density at radius 1 is 1.06 bits per heavy atom. The van der Waals surface area contributed by atoms with Gasteiger partial charge in [-0.25, -0.2) is 9.69 Å². The minimum Gasteiger partial charge on any atom is -0.490 e. The van der Waals surface area contributed by atoms with Crippen LogP contribution in [0.3, 0.4) is 0 Å². The summed E-state index contributed by atoms with van der Waals surface area (Å²) in [5, 5.41) is 5.21. The second kappa shape index (κ2) is 9.80. The topological polar surface area (TPSA) is 97.0 Å². The van der Waals surface area contributed by atoms with Gasteiger partial charge < -0.3 is 20.1 Å². The van der Waals surface area contributed by atoms with Gasteiger partial charge in [-0.3, -0.25) is 9.59 Å². The monoisotopic (exact) mass is 423 g/mol. The van der Waals surface area contributed by atoms with E-state index in [0.29, 0.717) is 36.0 Å². The van der Waals surface area contributed by atoms with Crippen molar-refractivity contribution in [2.75, 3.05) is 25.1 Å². The van der Waals surface area contributed by atoms with Crippen LogP contribution in [0.5, 0.6) is 11.5 Å². The van der Waals surface area contributed by atoms with Gasteiger partial charge in [0.05, 0.1) is 13.2 Å². The minimum absolute atomic E-state index is 0.0833. The van der Waals surface area contributed by atoms with Crippen LogP contribution in [-0.4, -0.2) is 42.5 Å². The molecule has 1 saturated heterocycles. The van der Waals surface area contributed by atoms with Gasteiger partial charge in [-0.1, -0.05) is 18.2 Å². The van der Waals surface area contributed by atoms with Gasteiger partial charge in [-0.05, 0) is 62.2 Å². The average Bonchev–Trinajstić information content (AvgIpc) is 2.97. The number of benzene rings is 2. The lowest BCUT2D eigenvalue weighted by molar-refractivity contribution is -0.127. The number of hydrogen-bond donors (Lipinski definition) is 2. The van der Waals surface area contributed by atoms with E-state index >= 15 is 0 Å². The van der Waals surface area contributed by atoms with Crippen LogP contribution in [0.15, 0.2) is 48.2 Å². The highest BCUT2D eigenvalue weighted by molar-refractivity contribution is 6.15. The van der Waals surface area contributed by atoms with Crippen molar-refractivity contribution in [3.63, 3.8) is 0 Å². The fourth-order valence-corrected chi connectivity index (χ4v) is 3.11. The number of nitrogens with zero attached hydrogens (tertiary/aromatic N) is 1. The summed E-state index contributed by atoms with van der Waals surface area (Å²) < 4.78 is 11.1. The maximum Gasteiger partial charge on any atom is 0.329 e. The molecule has 1 aliphatic heterocycles. The quantitative estimate of drug-likeness (QED) is 0.502. The number of aryl methyl sites for hydroxylation is 1. The van der Waals surface area contributed by atoms with E-state index in [4.69, 9.17) is 9.47 Å². The van der Waals surface area contributed by atoms with E-state index in [-0.39, 0.29) is 12.2 Å². The summed E-state index contributed by atoms with van der Waals surface area (Å²) in [6.45, 7) is 6.21. The van der Waals surface area contributed by atoms with Crippen molar-refractivity contribution in [1.82, 2.24) is 10.2 Å². The highest BCUT2D eigenvalue weighted by Crippen LogP contribution is 2.29. The largest absolute Gasteiger partial charge is 0.490 e. The number of ether oxygens (including phenoxy) is 2. The van der Waals surface area contributed by atoms with Crippen molar-refractivity contribution in [2.45, 2.75) is 20.8 Å². The summed E-state index contributed by atoms with van der Waals surface area (Å²) in [6.07, 6.45) is 1.54. The molecule has 8 heteroatoms. The first kappa shape index (κ1) is 21.9. The standard InChI is InChI=1S/C23H25N3O5/c1-4-30-19-10-9-16(13-20(19)31-5-2)12-18-22(28)26(23(29)25-18)14-21(27)24-17-8-6-7-15(3)11-17/h6-13H,4-5,14H2,1-3H3,(H,24,27)(H,25,29). The molecule has 0 saturated carbocycles. The third-order valence-electron chi connectivity index (χ3n) is 4.44. The third kappa shape index (κ3) is 5.42. The molecular formula is C23H25N3O5. The first-order chi connectivity index (χ1) is 14.9. The molecule has 31 heavy (non-hydrogen) atoms. The minimum atomic E-state index is -0.647. The lowest BCUT2D eigenvalue weighted by atomic mass is 10.1. The molecule has 0 radical (unpaired) electrons. The summed E-state index contributed by atoms with van der Waals surface area (Å²) >= 11 is 0. The second-order valence-corrected chi connectivity index (χ2v) is 6.87. The van der Waals surface area contributed by atoms with Gasteiger partial charge in [0.2, 0.25) is 5.91 Å². The fraction of sp³-hybridized carbons (Fsp3) is 0.261. The Balaban J connectivity index is 1.72. The molecule has 0 aromatic heterocycles. The Hall–Kier alpha value is -3.81. The maximum atomic E-state index is 12.7. The van der Waals surface area contributed by atoms with Crippen LogP contribution < -0.4 is 20.1 Å². The number of amides is 4. The average molecular weight is 423 g/mol. The number of carbonyl (C=O) groups excluding carboxylic acids is 3. The molecule has 4 amide bonds. The molecule has 162 valence electrons. The Morgan fingerprint density at radius 3 is 2.52 bits per heavy atom. The fourth-order valence-electron chi connectivity index (χ4n) is 3.11. The van der Waals surface area contributed by atoms with Gasteiger partial charge >= 0.3 is 6.03 Å². The molecule has 8 nitrogen and oxygen atoms in total. The van der Waals surface area contributed by atoms with Crippen LogP contribution in [0.1, 0.15) is 25.0 Å². The highest BCUT2D eigenvalue weighted by Gasteiger charge is 2.35.